The number of benzene rings is 1. The molecule has 4 rings (SSSR count). The first kappa shape index (κ1) is 21.9. The molecule has 1 amide bonds. The normalized spacial score (nSPS) is 15.1. The van der Waals surface area contributed by atoms with Gasteiger partial charge in [0.2, 0.25) is 10.0 Å². The number of anilines is 1. The SMILES string of the molecule is Cn1c(=O)c2ccc(C(=O)Nc3ccc(S(=O)(=O)N4CCCCC4)cc3)nc2n(C)c1=O. The van der Waals surface area contributed by atoms with Gasteiger partial charge in [0.1, 0.15) is 11.3 Å². The van der Waals surface area contributed by atoms with Crippen molar-refractivity contribution in [3.63, 3.8) is 0 Å². The van der Waals surface area contributed by atoms with Crippen molar-refractivity contribution in [2.45, 2.75) is 24.2 Å². The first-order chi connectivity index (χ1) is 15.2. The predicted octanol–water partition coefficient (Wildman–Crippen LogP) is 1.06. The molecule has 1 N–H and O–H groups in total. The maximum Gasteiger partial charge on any atom is 0.332 e. The second-order valence-electron chi connectivity index (χ2n) is 7.72. The van der Waals surface area contributed by atoms with Crippen molar-refractivity contribution in [1.82, 2.24) is 18.4 Å². The summed E-state index contributed by atoms with van der Waals surface area (Å²) in [7, 11) is -0.708. The van der Waals surface area contributed by atoms with Gasteiger partial charge >= 0.3 is 5.69 Å². The Balaban J connectivity index is 1.57. The number of aryl methyl sites for hydroxylation is 1. The molecule has 1 aliphatic rings. The third-order valence-electron chi connectivity index (χ3n) is 5.60. The number of piperidine rings is 1. The standard InChI is InChI=1S/C21H23N5O5S/c1-24-18-16(20(28)25(2)21(24)29)10-11-17(23-18)19(27)22-14-6-8-15(9-7-14)32(30,31)26-12-4-3-5-13-26/h6-11H,3-5,12-13H2,1-2H3,(H,22,27). The Bertz CT molecular complexity index is 1420. The van der Waals surface area contributed by atoms with Crippen LogP contribution in [-0.2, 0) is 24.1 Å². The van der Waals surface area contributed by atoms with Crippen LogP contribution in [0.15, 0.2) is 50.9 Å². The molecule has 32 heavy (non-hydrogen) atoms. The molecule has 1 aliphatic heterocycles. The lowest BCUT2D eigenvalue weighted by Gasteiger charge is -2.25. The Kier molecular flexibility index (Phi) is 5.70. The first-order valence-corrected chi connectivity index (χ1v) is 11.6. The number of hydrogen-bond donors (Lipinski definition) is 1. The molecule has 0 atom stereocenters. The third kappa shape index (κ3) is 3.84. The van der Waals surface area contributed by atoms with Gasteiger partial charge in [0, 0.05) is 32.9 Å². The summed E-state index contributed by atoms with van der Waals surface area (Å²) in [4.78, 5) is 41.4. The van der Waals surface area contributed by atoms with E-state index in [1.165, 1.54) is 59.4 Å². The molecular weight excluding hydrogens is 434 g/mol. The predicted molar refractivity (Wildman–Crippen MR) is 119 cm³/mol. The summed E-state index contributed by atoms with van der Waals surface area (Å²) in [6.07, 6.45) is 2.73. The van der Waals surface area contributed by atoms with E-state index in [1.807, 2.05) is 0 Å². The van der Waals surface area contributed by atoms with Gasteiger partial charge in [-0.25, -0.2) is 18.2 Å². The van der Waals surface area contributed by atoms with E-state index < -0.39 is 27.2 Å². The van der Waals surface area contributed by atoms with Crippen molar-refractivity contribution in [2.75, 3.05) is 18.4 Å². The highest BCUT2D eigenvalue weighted by molar-refractivity contribution is 7.89. The van der Waals surface area contributed by atoms with Gasteiger partial charge in [-0.2, -0.15) is 4.31 Å². The Labute approximate surface area is 184 Å². The number of hydrogen-bond acceptors (Lipinski definition) is 6. The molecule has 168 valence electrons. The van der Waals surface area contributed by atoms with Crippen LogP contribution in [0.25, 0.3) is 11.0 Å². The van der Waals surface area contributed by atoms with Crippen LogP contribution in [0.2, 0.25) is 0 Å². The lowest BCUT2D eigenvalue weighted by Crippen LogP contribution is -2.37. The summed E-state index contributed by atoms with van der Waals surface area (Å²) in [5, 5.41) is 2.88. The zero-order valence-electron chi connectivity index (χ0n) is 17.7. The van der Waals surface area contributed by atoms with E-state index in [1.54, 1.807) is 0 Å². The first-order valence-electron chi connectivity index (χ1n) is 10.2. The molecule has 3 heterocycles. The molecule has 0 saturated carbocycles. The second kappa shape index (κ2) is 8.32. The van der Waals surface area contributed by atoms with Gasteiger partial charge < -0.3 is 5.32 Å². The van der Waals surface area contributed by atoms with Crippen molar-refractivity contribution in [3.8, 4) is 0 Å². The zero-order chi connectivity index (χ0) is 23.0. The third-order valence-corrected chi connectivity index (χ3v) is 7.51. The molecule has 0 spiro atoms. The number of nitrogens with zero attached hydrogens (tertiary/aromatic N) is 4. The number of fused-ring (bicyclic) bond motifs is 1. The smallest absolute Gasteiger partial charge is 0.321 e. The van der Waals surface area contributed by atoms with Gasteiger partial charge in [-0.3, -0.25) is 18.7 Å². The van der Waals surface area contributed by atoms with Gasteiger partial charge in [0.25, 0.3) is 11.5 Å². The molecule has 1 saturated heterocycles. The summed E-state index contributed by atoms with van der Waals surface area (Å²) < 4.78 is 29.2. The molecule has 3 aromatic rings. The van der Waals surface area contributed by atoms with Crippen LogP contribution < -0.4 is 16.6 Å². The Morgan fingerprint density at radius 3 is 2.25 bits per heavy atom. The zero-order valence-corrected chi connectivity index (χ0v) is 18.6. The highest BCUT2D eigenvalue weighted by Crippen LogP contribution is 2.22. The van der Waals surface area contributed by atoms with E-state index in [0.717, 1.165) is 23.8 Å². The largest absolute Gasteiger partial charge is 0.332 e. The van der Waals surface area contributed by atoms with E-state index in [2.05, 4.69) is 10.3 Å². The van der Waals surface area contributed by atoms with Gasteiger partial charge in [-0.05, 0) is 49.2 Å². The van der Waals surface area contributed by atoms with Crippen LogP contribution in [0, 0.1) is 0 Å². The monoisotopic (exact) mass is 457 g/mol. The number of nitrogens with one attached hydrogen (secondary N) is 1. The van der Waals surface area contributed by atoms with E-state index in [-0.39, 0.29) is 21.6 Å². The summed E-state index contributed by atoms with van der Waals surface area (Å²) in [5.41, 5.74) is -0.516. The maximum absolute atomic E-state index is 12.8. The number of pyridine rings is 1. The van der Waals surface area contributed by atoms with Crippen LogP contribution in [-0.4, -0.2) is 45.8 Å². The fraction of sp³-hybridized carbons (Fsp3) is 0.333. The van der Waals surface area contributed by atoms with Crippen molar-refractivity contribution in [3.05, 3.63) is 62.9 Å². The van der Waals surface area contributed by atoms with Gasteiger partial charge in [0.05, 0.1) is 10.3 Å². The van der Waals surface area contributed by atoms with Crippen LogP contribution >= 0.6 is 0 Å². The molecule has 10 nitrogen and oxygen atoms in total. The van der Waals surface area contributed by atoms with Gasteiger partial charge in [-0.15, -0.1) is 0 Å². The van der Waals surface area contributed by atoms with E-state index in [4.69, 9.17) is 0 Å². The summed E-state index contributed by atoms with van der Waals surface area (Å²) in [5.74, 6) is -0.549. The maximum atomic E-state index is 12.8. The molecule has 2 aromatic heterocycles. The average Bonchev–Trinajstić information content (AvgIpc) is 2.82. The molecule has 0 bridgehead atoms. The van der Waals surface area contributed by atoms with Crippen molar-refractivity contribution in [2.24, 2.45) is 14.1 Å². The number of carbonyl (C=O) groups is 1. The molecular formula is C21H23N5O5S. The lowest BCUT2D eigenvalue weighted by molar-refractivity contribution is 0.102. The number of aromatic nitrogens is 3. The lowest BCUT2D eigenvalue weighted by atomic mass is 10.2. The quantitative estimate of drug-likeness (QED) is 0.625. The van der Waals surface area contributed by atoms with Crippen LogP contribution in [0.1, 0.15) is 29.8 Å². The fourth-order valence-electron chi connectivity index (χ4n) is 3.74. The molecule has 11 heteroatoms. The van der Waals surface area contributed by atoms with E-state index >= 15 is 0 Å². The Hall–Kier alpha value is -3.31. The molecule has 0 radical (unpaired) electrons. The minimum atomic E-state index is -3.56. The molecule has 0 aliphatic carbocycles. The van der Waals surface area contributed by atoms with Gasteiger partial charge in [0.15, 0.2) is 0 Å². The topological polar surface area (TPSA) is 123 Å². The van der Waals surface area contributed by atoms with Gasteiger partial charge in [-0.1, -0.05) is 6.42 Å². The number of carbonyl (C=O) groups excluding carboxylic acids is 1. The number of sulfonamides is 1. The van der Waals surface area contributed by atoms with Crippen molar-refractivity contribution < 1.29 is 13.2 Å². The second-order valence-corrected chi connectivity index (χ2v) is 9.65. The van der Waals surface area contributed by atoms with Crippen molar-refractivity contribution in [1.29, 1.82) is 0 Å². The Morgan fingerprint density at radius 1 is 0.938 bits per heavy atom. The van der Waals surface area contributed by atoms with E-state index in [0.29, 0.717) is 18.8 Å². The molecule has 1 fully saturated rings. The van der Waals surface area contributed by atoms with E-state index in [9.17, 15) is 22.8 Å². The number of amides is 1. The fourth-order valence-corrected chi connectivity index (χ4v) is 5.26. The summed E-state index contributed by atoms with van der Waals surface area (Å²) >= 11 is 0. The molecule has 0 unspecified atom stereocenters. The highest BCUT2D eigenvalue weighted by atomic mass is 32.2. The van der Waals surface area contributed by atoms with Crippen LogP contribution in [0.3, 0.4) is 0 Å². The molecule has 1 aromatic carbocycles. The Morgan fingerprint density at radius 2 is 1.59 bits per heavy atom. The highest BCUT2D eigenvalue weighted by Gasteiger charge is 2.25. The summed E-state index contributed by atoms with van der Waals surface area (Å²) in [6.45, 7) is 1.03. The minimum Gasteiger partial charge on any atom is -0.321 e. The summed E-state index contributed by atoms with van der Waals surface area (Å²) in [6, 6.07) is 8.80. The van der Waals surface area contributed by atoms with Crippen molar-refractivity contribution >= 4 is 32.7 Å². The average molecular weight is 458 g/mol. The number of rotatable bonds is 4. The van der Waals surface area contributed by atoms with Crippen LogP contribution in [0.5, 0.6) is 0 Å². The minimum absolute atomic E-state index is 0.0192. The van der Waals surface area contributed by atoms with Crippen LogP contribution in [0.4, 0.5) is 5.69 Å².